The molecular weight excluding hydrogens is 590 g/mol. The molecule has 194 valence electrons. The van der Waals surface area contributed by atoms with Gasteiger partial charge in [-0.05, 0) is 65.4 Å². The Morgan fingerprint density at radius 1 is 0.763 bits per heavy atom. The second-order valence-corrected chi connectivity index (χ2v) is 11.9. The lowest BCUT2D eigenvalue weighted by molar-refractivity contribution is 0.0535. The summed E-state index contributed by atoms with van der Waals surface area (Å²) in [7, 11) is -3.94. The van der Waals surface area contributed by atoms with Crippen LogP contribution in [0.15, 0.2) is 94.3 Å². The van der Waals surface area contributed by atoms with Gasteiger partial charge in [-0.25, -0.2) is 8.42 Å². The van der Waals surface area contributed by atoms with Crippen LogP contribution in [-0.2, 0) is 10.0 Å². The third-order valence-corrected chi connectivity index (χ3v) is 8.66. The number of amides is 2. The van der Waals surface area contributed by atoms with Gasteiger partial charge in [0.25, 0.3) is 21.8 Å². The van der Waals surface area contributed by atoms with Gasteiger partial charge < -0.3 is 9.80 Å². The number of hydrogen-bond acceptors (Lipinski definition) is 4. The molecule has 1 aliphatic heterocycles. The van der Waals surface area contributed by atoms with Gasteiger partial charge in [0.1, 0.15) is 0 Å². The van der Waals surface area contributed by atoms with E-state index in [1.54, 1.807) is 34.1 Å². The Morgan fingerprint density at radius 2 is 1.39 bits per heavy atom. The van der Waals surface area contributed by atoms with Gasteiger partial charge in [-0.3, -0.25) is 14.3 Å². The van der Waals surface area contributed by atoms with E-state index in [-0.39, 0.29) is 27.3 Å². The number of carbonyl (C=O) groups is 2. The maximum Gasteiger partial charge on any atom is 0.261 e. The lowest BCUT2D eigenvalue weighted by atomic mass is 10.1. The summed E-state index contributed by atoms with van der Waals surface area (Å²) < 4.78 is 29.2. The van der Waals surface area contributed by atoms with Crippen molar-refractivity contribution in [3.05, 3.63) is 106 Å². The van der Waals surface area contributed by atoms with Crippen LogP contribution in [0.1, 0.15) is 20.7 Å². The Bertz CT molecular complexity index is 1640. The molecule has 38 heavy (non-hydrogen) atoms. The molecule has 5 rings (SSSR count). The highest BCUT2D eigenvalue weighted by Crippen LogP contribution is 2.25. The first-order valence-corrected chi connectivity index (χ1v) is 14.5. The number of fused-ring (bicyclic) bond motifs is 1. The number of piperazine rings is 1. The zero-order valence-corrected chi connectivity index (χ0v) is 23.3. The number of sulfonamides is 1. The lowest BCUT2D eigenvalue weighted by Gasteiger charge is -2.35. The van der Waals surface area contributed by atoms with Crippen LogP contribution in [0.4, 0.5) is 5.69 Å². The van der Waals surface area contributed by atoms with Crippen LogP contribution in [0.3, 0.4) is 0 Å². The van der Waals surface area contributed by atoms with Gasteiger partial charge in [-0.15, -0.1) is 0 Å². The minimum absolute atomic E-state index is 0.0710. The second-order valence-electron chi connectivity index (χ2n) is 8.90. The van der Waals surface area contributed by atoms with E-state index >= 15 is 0 Å². The number of nitrogens with one attached hydrogen (secondary N) is 1. The summed E-state index contributed by atoms with van der Waals surface area (Å²) in [5.74, 6) is -0.471. The van der Waals surface area contributed by atoms with Crippen LogP contribution in [0, 0.1) is 0 Å². The summed E-state index contributed by atoms with van der Waals surface area (Å²) in [4.78, 5) is 29.6. The molecule has 1 heterocycles. The van der Waals surface area contributed by atoms with Crippen molar-refractivity contribution in [2.75, 3.05) is 30.9 Å². The van der Waals surface area contributed by atoms with Crippen molar-refractivity contribution in [1.82, 2.24) is 9.80 Å². The Morgan fingerprint density at radius 3 is 2.08 bits per heavy atom. The largest absolute Gasteiger partial charge is 0.335 e. The molecule has 4 aromatic carbocycles. The molecule has 0 aromatic heterocycles. The Hall–Kier alpha value is -3.40. The molecule has 0 atom stereocenters. The fourth-order valence-electron chi connectivity index (χ4n) is 4.36. The molecule has 0 unspecified atom stereocenters. The number of hydrogen-bond donors (Lipinski definition) is 1. The van der Waals surface area contributed by atoms with Crippen molar-refractivity contribution >= 4 is 65.8 Å². The molecule has 1 N–H and O–H groups in total. The molecule has 10 heteroatoms. The third kappa shape index (κ3) is 5.55. The van der Waals surface area contributed by atoms with E-state index in [0.29, 0.717) is 37.4 Å². The van der Waals surface area contributed by atoms with Crippen molar-refractivity contribution in [2.24, 2.45) is 0 Å². The minimum atomic E-state index is -3.94. The van der Waals surface area contributed by atoms with E-state index in [4.69, 9.17) is 11.6 Å². The first-order chi connectivity index (χ1) is 18.2. The van der Waals surface area contributed by atoms with Crippen molar-refractivity contribution in [3.8, 4) is 0 Å². The number of rotatable bonds is 5. The van der Waals surface area contributed by atoms with Crippen molar-refractivity contribution < 1.29 is 18.0 Å². The van der Waals surface area contributed by atoms with E-state index in [9.17, 15) is 18.0 Å². The van der Waals surface area contributed by atoms with Gasteiger partial charge in [0.15, 0.2) is 0 Å². The van der Waals surface area contributed by atoms with Gasteiger partial charge >= 0.3 is 0 Å². The molecule has 0 bridgehead atoms. The third-order valence-electron chi connectivity index (χ3n) is 6.43. The van der Waals surface area contributed by atoms with Crippen molar-refractivity contribution in [1.29, 1.82) is 0 Å². The number of halogens is 2. The maximum atomic E-state index is 13.3. The van der Waals surface area contributed by atoms with Crippen LogP contribution < -0.4 is 4.72 Å². The highest BCUT2D eigenvalue weighted by Gasteiger charge is 2.28. The fraction of sp³-hybridized carbons (Fsp3) is 0.143. The second kappa shape index (κ2) is 10.8. The highest BCUT2D eigenvalue weighted by molar-refractivity contribution is 9.10. The van der Waals surface area contributed by atoms with Crippen LogP contribution in [-0.4, -0.2) is 56.2 Å². The monoisotopic (exact) mass is 611 g/mol. The molecule has 7 nitrogen and oxygen atoms in total. The first kappa shape index (κ1) is 26.2. The topological polar surface area (TPSA) is 86.8 Å². The quantitative estimate of drug-likeness (QED) is 0.315. The van der Waals surface area contributed by atoms with Gasteiger partial charge in [0.05, 0.1) is 15.5 Å². The first-order valence-electron chi connectivity index (χ1n) is 11.9. The molecule has 1 saturated heterocycles. The van der Waals surface area contributed by atoms with Crippen LogP contribution >= 0.6 is 27.5 Å². The summed E-state index contributed by atoms with van der Waals surface area (Å²) in [6, 6.07) is 24.2. The SMILES string of the molecule is O=C(c1ccc2ccccc2c1)N1CCN(C(=O)c2cc(S(=O)(=O)Nc3ccc(Br)cc3)ccc2Cl)CC1. The zero-order valence-electron chi connectivity index (χ0n) is 20.1. The smallest absolute Gasteiger partial charge is 0.261 e. The van der Waals surface area contributed by atoms with Gasteiger partial charge in [-0.1, -0.05) is 57.9 Å². The highest BCUT2D eigenvalue weighted by atomic mass is 79.9. The summed E-state index contributed by atoms with van der Waals surface area (Å²) in [5, 5.41) is 2.21. The molecule has 2 amide bonds. The lowest BCUT2D eigenvalue weighted by Crippen LogP contribution is -2.50. The van der Waals surface area contributed by atoms with Crippen molar-refractivity contribution in [3.63, 3.8) is 0 Å². The molecular formula is C28H23BrClN3O4S. The predicted molar refractivity (Wildman–Crippen MR) is 152 cm³/mol. The molecule has 4 aromatic rings. The van der Waals surface area contributed by atoms with E-state index < -0.39 is 10.0 Å². The van der Waals surface area contributed by atoms with Gasteiger partial charge in [0, 0.05) is 41.9 Å². The van der Waals surface area contributed by atoms with Crippen LogP contribution in [0.2, 0.25) is 5.02 Å². The molecule has 1 aliphatic rings. The Balaban J connectivity index is 1.28. The molecule has 1 fully saturated rings. The molecule has 0 aliphatic carbocycles. The normalized spacial score (nSPS) is 13.9. The minimum Gasteiger partial charge on any atom is -0.335 e. The number of anilines is 1. The molecule has 0 radical (unpaired) electrons. The molecule has 0 saturated carbocycles. The van der Waals surface area contributed by atoms with Crippen LogP contribution in [0.5, 0.6) is 0 Å². The fourth-order valence-corrected chi connectivity index (χ4v) is 5.90. The van der Waals surface area contributed by atoms with E-state index in [1.165, 1.54) is 18.2 Å². The summed E-state index contributed by atoms with van der Waals surface area (Å²) in [5.41, 5.74) is 1.09. The summed E-state index contributed by atoms with van der Waals surface area (Å²) in [6.45, 7) is 1.33. The average Bonchev–Trinajstić information content (AvgIpc) is 2.93. The number of benzene rings is 4. The van der Waals surface area contributed by atoms with E-state index in [1.807, 2.05) is 42.5 Å². The summed E-state index contributed by atoms with van der Waals surface area (Å²) in [6.07, 6.45) is 0. The summed E-state index contributed by atoms with van der Waals surface area (Å²) >= 11 is 9.63. The number of nitrogens with zero attached hydrogens (tertiary/aromatic N) is 2. The van der Waals surface area contributed by atoms with Crippen molar-refractivity contribution in [2.45, 2.75) is 4.90 Å². The van der Waals surface area contributed by atoms with Crippen LogP contribution in [0.25, 0.3) is 10.8 Å². The van der Waals surface area contributed by atoms with Gasteiger partial charge in [0.2, 0.25) is 0 Å². The number of carbonyl (C=O) groups excluding carboxylic acids is 2. The van der Waals surface area contributed by atoms with E-state index in [2.05, 4.69) is 20.7 Å². The molecule has 0 spiro atoms. The zero-order chi connectivity index (χ0) is 26.9. The standard InChI is InChI=1S/C28H23BrClN3O4S/c29-22-7-9-23(10-8-22)31-38(36,37)24-11-12-26(30)25(18-24)28(35)33-15-13-32(14-16-33)27(34)21-6-5-19-3-1-2-4-20(19)17-21/h1-12,17-18,31H,13-16H2. The Kier molecular flexibility index (Phi) is 7.43. The predicted octanol–water partition coefficient (Wildman–Crippen LogP) is 5.65. The Labute approximate surface area is 234 Å². The average molecular weight is 613 g/mol. The maximum absolute atomic E-state index is 13.3. The van der Waals surface area contributed by atoms with Gasteiger partial charge in [-0.2, -0.15) is 0 Å². The van der Waals surface area contributed by atoms with E-state index in [0.717, 1.165) is 15.2 Å².